The van der Waals surface area contributed by atoms with Gasteiger partial charge in [-0.05, 0) is 70.9 Å². The van der Waals surface area contributed by atoms with Crippen molar-refractivity contribution in [3.8, 4) is 0 Å². The van der Waals surface area contributed by atoms with Crippen LogP contribution in [0.15, 0.2) is 59.1 Å². The molecule has 184 valence electrons. The summed E-state index contributed by atoms with van der Waals surface area (Å²) in [6.45, 7) is 1.58. The van der Waals surface area contributed by atoms with Crippen LogP contribution in [0, 0.1) is 11.6 Å². The molecule has 2 N–H and O–H groups in total. The molecular formula is C24H17BrCl4F2N2O2. The lowest BCUT2D eigenvalue weighted by Gasteiger charge is -2.27. The fraction of sp³-hybridized carbons (Fsp3) is 0.167. The zero-order valence-electron chi connectivity index (χ0n) is 17.9. The Hall–Kier alpha value is -1.90. The van der Waals surface area contributed by atoms with E-state index in [-0.39, 0.29) is 28.4 Å². The van der Waals surface area contributed by atoms with E-state index >= 15 is 0 Å². The first-order valence-corrected chi connectivity index (χ1v) is 12.3. The van der Waals surface area contributed by atoms with Gasteiger partial charge >= 0.3 is 0 Å². The number of carbonyl (C=O) groups is 2. The van der Waals surface area contributed by atoms with Crippen molar-refractivity contribution in [2.75, 3.05) is 10.6 Å². The van der Waals surface area contributed by atoms with Crippen LogP contribution in [-0.2, 0) is 4.79 Å². The van der Waals surface area contributed by atoms with Gasteiger partial charge in [-0.3, -0.25) is 9.59 Å². The molecule has 2 amide bonds. The fourth-order valence-corrected chi connectivity index (χ4v) is 4.40. The molecule has 3 aromatic carbocycles. The van der Waals surface area contributed by atoms with Gasteiger partial charge < -0.3 is 10.6 Å². The number of amides is 2. The van der Waals surface area contributed by atoms with E-state index in [1.165, 1.54) is 18.2 Å². The number of benzene rings is 3. The van der Waals surface area contributed by atoms with Crippen molar-refractivity contribution < 1.29 is 18.4 Å². The molecule has 3 aromatic rings. The van der Waals surface area contributed by atoms with Crippen LogP contribution in [0.5, 0.6) is 0 Å². The van der Waals surface area contributed by atoms with Gasteiger partial charge in [0, 0.05) is 28.6 Å². The molecule has 0 saturated carbocycles. The maximum atomic E-state index is 13.9. The molecule has 0 aliphatic heterocycles. The lowest BCUT2D eigenvalue weighted by molar-refractivity contribution is -0.116. The van der Waals surface area contributed by atoms with Crippen LogP contribution < -0.4 is 10.6 Å². The Labute approximate surface area is 229 Å². The molecule has 35 heavy (non-hydrogen) atoms. The van der Waals surface area contributed by atoms with E-state index in [4.69, 9.17) is 46.4 Å². The minimum Gasteiger partial charge on any atom is -0.326 e. The maximum Gasteiger partial charge on any atom is 0.257 e. The van der Waals surface area contributed by atoms with E-state index in [0.29, 0.717) is 21.1 Å². The van der Waals surface area contributed by atoms with Crippen molar-refractivity contribution >= 4 is 85.5 Å². The average molecular weight is 625 g/mol. The van der Waals surface area contributed by atoms with Gasteiger partial charge in [-0.1, -0.05) is 29.3 Å². The van der Waals surface area contributed by atoms with E-state index in [0.717, 1.165) is 12.1 Å². The highest BCUT2D eigenvalue weighted by atomic mass is 79.9. The van der Waals surface area contributed by atoms with E-state index in [2.05, 4.69) is 26.6 Å². The van der Waals surface area contributed by atoms with Crippen molar-refractivity contribution in [3.63, 3.8) is 0 Å². The number of rotatable bonds is 7. The molecule has 0 aliphatic carbocycles. The van der Waals surface area contributed by atoms with Crippen LogP contribution in [0.25, 0.3) is 0 Å². The highest BCUT2D eigenvalue weighted by Crippen LogP contribution is 2.41. The second kappa shape index (κ2) is 11.4. The van der Waals surface area contributed by atoms with Crippen LogP contribution in [0.1, 0.15) is 35.2 Å². The van der Waals surface area contributed by atoms with Gasteiger partial charge in [0.15, 0.2) is 0 Å². The third-order valence-electron chi connectivity index (χ3n) is 5.02. The average Bonchev–Trinajstić information content (AvgIpc) is 2.76. The Morgan fingerprint density at radius 3 is 2.29 bits per heavy atom. The molecule has 0 aliphatic rings. The van der Waals surface area contributed by atoms with Crippen LogP contribution in [0.4, 0.5) is 20.2 Å². The zero-order valence-corrected chi connectivity index (χ0v) is 22.6. The van der Waals surface area contributed by atoms with Gasteiger partial charge in [-0.25, -0.2) is 8.78 Å². The number of alkyl halides is 2. The Morgan fingerprint density at radius 2 is 1.66 bits per heavy atom. The van der Waals surface area contributed by atoms with Gasteiger partial charge in [-0.15, -0.1) is 23.2 Å². The van der Waals surface area contributed by atoms with Gasteiger partial charge in [0.25, 0.3) is 5.91 Å². The Balaban J connectivity index is 1.78. The summed E-state index contributed by atoms with van der Waals surface area (Å²) in [4.78, 5) is 25.5. The summed E-state index contributed by atoms with van der Waals surface area (Å²) in [7, 11) is 0. The van der Waals surface area contributed by atoms with E-state index in [9.17, 15) is 18.4 Å². The molecule has 0 spiro atoms. The summed E-state index contributed by atoms with van der Waals surface area (Å²) in [5, 5.41) is 5.59. The van der Waals surface area contributed by atoms with Crippen LogP contribution >= 0.6 is 62.3 Å². The monoisotopic (exact) mass is 622 g/mol. The van der Waals surface area contributed by atoms with E-state index in [1.54, 1.807) is 25.1 Å². The smallest absolute Gasteiger partial charge is 0.257 e. The van der Waals surface area contributed by atoms with Gasteiger partial charge in [-0.2, -0.15) is 0 Å². The Kier molecular flexibility index (Phi) is 9.05. The summed E-state index contributed by atoms with van der Waals surface area (Å²) >= 11 is 28.3. The molecule has 0 fully saturated rings. The SMILES string of the molecule is CC(Cl)(Cl)[C@@H](CC(=O)Nc1ccc(Cl)c(C(=O)Nc2ccc(F)cc2F)c1)c1ccc(Cl)c(Br)c1. The standard InChI is InChI=1S/C24H17BrCl4F2N2O2/c1-24(28,29)16(12-2-5-19(27)17(25)8-12)11-22(34)32-14-4-6-18(26)15(10-14)23(35)33-21-7-3-13(30)9-20(21)31/h2-10,16H,11H2,1H3,(H,32,34)(H,33,35)/t16-/m0/s1. The van der Waals surface area contributed by atoms with E-state index < -0.39 is 33.7 Å². The lowest BCUT2D eigenvalue weighted by atomic mass is 9.92. The predicted molar refractivity (Wildman–Crippen MR) is 141 cm³/mol. The summed E-state index contributed by atoms with van der Waals surface area (Å²) in [6.07, 6.45) is -0.0808. The zero-order chi connectivity index (χ0) is 25.9. The van der Waals surface area contributed by atoms with Gasteiger partial charge in [0.05, 0.1) is 21.3 Å². The summed E-state index contributed by atoms with van der Waals surface area (Å²) in [5.74, 6) is -3.47. The number of halogens is 7. The molecule has 11 heteroatoms. The summed E-state index contributed by atoms with van der Waals surface area (Å²) < 4.78 is 26.4. The summed E-state index contributed by atoms with van der Waals surface area (Å²) in [5.41, 5.74) is 0.723. The molecule has 0 bridgehead atoms. The van der Waals surface area contributed by atoms with Crippen LogP contribution in [0.2, 0.25) is 10.0 Å². The third-order valence-corrected chi connectivity index (χ3v) is 7.09. The van der Waals surface area contributed by atoms with E-state index in [1.807, 2.05) is 0 Å². The number of carbonyl (C=O) groups excluding carboxylic acids is 2. The highest BCUT2D eigenvalue weighted by molar-refractivity contribution is 9.10. The first kappa shape index (κ1) is 27.7. The first-order valence-electron chi connectivity index (χ1n) is 10.0. The minimum atomic E-state index is -1.28. The molecule has 1 atom stereocenters. The first-order chi connectivity index (χ1) is 16.3. The second-order valence-electron chi connectivity index (χ2n) is 7.71. The normalized spacial score (nSPS) is 12.2. The predicted octanol–water partition coefficient (Wildman–Crippen LogP) is 8.59. The Morgan fingerprint density at radius 1 is 0.971 bits per heavy atom. The molecule has 0 radical (unpaired) electrons. The number of hydrogen-bond acceptors (Lipinski definition) is 2. The number of hydrogen-bond donors (Lipinski definition) is 2. The lowest BCUT2D eigenvalue weighted by Crippen LogP contribution is -2.26. The molecule has 3 rings (SSSR count). The molecule has 4 nitrogen and oxygen atoms in total. The topological polar surface area (TPSA) is 58.2 Å². The van der Waals surface area contributed by atoms with Crippen molar-refractivity contribution in [3.05, 3.63) is 91.9 Å². The fourth-order valence-electron chi connectivity index (χ4n) is 3.27. The largest absolute Gasteiger partial charge is 0.326 e. The summed E-state index contributed by atoms with van der Waals surface area (Å²) in [6, 6.07) is 12.1. The van der Waals surface area contributed by atoms with Crippen LogP contribution in [0.3, 0.4) is 0 Å². The third kappa shape index (κ3) is 7.30. The van der Waals surface area contributed by atoms with Gasteiger partial charge in [0.2, 0.25) is 5.91 Å². The molecular weight excluding hydrogens is 608 g/mol. The minimum absolute atomic E-state index is 0.0223. The van der Waals surface area contributed by atoms with Crippen LogP contribution in [-0.4, -0.2) is 16.1 Å². The molecule has 0 heterocycles. The number of nitrogens with one attached hydrogen (secondary N) is 2. The van der Waals surface area contributed by atoms with Crippen molar-refractivity contribution in [2.24, 2.45) is 0 Å². The number of anilines is 2. The van der Waals surface area contributed by atoms with Crippen molar-refractivity contribution in [2.45, 2.75) is 23.6 Å². The van der Waals surface area contributed by atoms with Crippen molar-refractivity contribution in [1.82, 2.24) is 0 Å². The Bertz CT molecular complexity index is 1280. The second-order valence-corrected chi connectivity index (χ2v) is 11.1. The molecule has 0 unspecified atom stereocenters. The van der Waals surface area contributed by atoms with Gasteiger partial charge in [0.1, 0.15) is 16.0 Å². The molecule has 0 saturated heterocycles. The quantitative estimate of drug-likeness (QED) is 0.259. The highest BCUT2D eigenvalue weighted by Gasteiger charge is 2.33. The maximum absolute atomic E-state index is 13.9. The molecule has 0 aromatic heterocycles. The van der Waals surface area contributed by atoms with Crippen molar-refractivity contribution in [1.29, 1.82) is 0 Å².